The van der Waals surface area contributed by atoms with E-state index in [0.717, 1.165) is 62.8 Å². The Bertz CT molecular complexity index is 309. The summed E-state index contributed by atoms with van der Waals surface area (Å²) in [5.41, 5.74) is 0. The summed E-state index contributed by atoms with van der Waals surface area (Å²) < 4.78 is 0.866. The van der Waals surface area contributed by atoms with Crippen LogP contribution < -0.4 is 0 Å². The lowest BCUT2D eigenvalue weighted by molar-refractivity contribution is -0.931. The SMILES string of the molecule is C/C=C/CCCC(O)C[N+](CCC)(CCC)CCCC(=O)O. The lowest BCUT2D eigenvalue weighted by atomic mass is 10.1. The van der Waals surface area contributed by atoms with Gasteiger partial charge in [-0.1, -0.05) is 26.0 Å². The molecule has 0 spiro atoms. The molecule has 0 amide bonds. The minimum Gasteiger partial charge on any atom is -0.481 e. The zero-order valence-corrected chi connectivity index (χ0v) is 14.8. The van der Waals surface area contributed by atoms with E-state index >= 15 is 0 Å². The van der Waals surface area contributed by atoms with Crippen LogP contribution in [0.1, 0.15) is 65.7 Å². The van der Waals surface area contributed by atoms with Crippen molar-refractivity contribution in [3.8, 4) is 0 Å². The summed E-state index contributed by atoms with van der Waals surface area (Å²) in [6.45, 7) is 10.0. The fourth-order valence-corrected chi connectivity index (χ4v) is 3.30. The van der Waals surface area contributed by atoms with Crippen molar-refractivity contribution >= 4 is 5.97 Å². The predicted molar refractivity (Wildman–Crippen MR) is 91.9 cm³/mol. The lowest BCUT2D eigenvalue weighted by Crippen LogP contribution is -2.53. The summed E-state index contributed by atoms with van der Waals surface area (Å²) in [5.74, 6) is -0.724. The average Bonchev–Trinajstić information content (AvgIpc) is 2.44. The van der Waals surface area contributed by atoms with Crippen LogP contribution in [0.5, 0.6) is 0 Å². The first-order valence-electron chi connectivity index (χ1n) is 8.85. The first-order valence-corrected chi connectivity index (χ1v) is 8.85. The smallest absolute Gasteiger partial charge is 0.303 e. The maximum atomic E-state index is 10.8. The highest BCUT2D eigenvalue weighted by Gasteiger charge is 2.28. The van der Waals surface area contributed by atoms with E-state index in [0.29, 0.717) is 6.42 Å². The highest BCUT2D eigenvalue weighted by atomic mass is 16.4. The van der Waals surface area contributed by atoms with Gasteiger partial charge in [0.15, 0.2) is 0 Å². The molecule has 4 heteroatoms. The zero-order chi connectivity index (χ0) is 16.8. The number of rotatable bonds is 14. The summed E-state index contributed by atoms with van der Waals surface area (Å²) in [6, 6.07) is 0. The number of quaternary nitrogens is 1. The average molecular weight is 314 g/mol. The van der Waals surface area contributed by atoms with Crippen LogP contribution in [0, 0.1) is 0 Å². The van der Waals surface area contributed by atoms with Gasteiger partial charge >= 0.3 is 5.97 Å². The Labute approximate surface area is 136 Å². The Balaban J connectivity index is 4.55. The van der Waals surface area contributed by atoms with Gasteiger partial charge in [-0.15, -0.1) is 0 Å². The standard InChI is InChI=1S/C18H35NO3/c1-4-7-8-9-11-17(20)16-19(13-5-2,14-6-3)15-10-12-18(21)22/h4,7,17,20H,5-6,8-16H2,1-3H3/p+1/b7-4+. The van der Waals surface area contributed by atoms with E-state index in [2.05, 4.69) is 19.9 Å². The van der Waals surface area contributed by atoms with Gasteiger partial charge < -0.3 is 14.7 Å². The minimum absolute atomic E-state index is 0.227. The molecule has 22 heavy (non-hydrogen) atoms. The highest BCUT2D eigenvalue weighted by Crippen LogP contribution is 2.16. The number of aliphatic hydroxyl groups is 1. The molecule has 0 bridgehead atoms. The number of carbonyl (C=O) groups is 1. The van der Waals surface area contributed by atoms with Crippen LogP contribution in [0.2, 0.25) is 0 Å². The second kappa shape index (κ2) is 12.7. The Morgan fingerprint density at radius 2 is 1.77 bits per heavy atom. The third-order valence-electron chi connectivity index (χ3n) is 4.16. The number of hydrogen-bond donors (Lipinski definition) is 2. The summed E-state index contributed by atoms with van der Waals surface area (Å²) >= 11 is 0. The van der Waals surface area contributed by atoms with Gasteiger partial charge in [0, 0.05) is 6.42 Å². The van der Waals surface area contributed by atoms with Crippen molar-refractivity contribution in [3.63, 3.8) is 0 Å². The van der Waals surface area contributed by atoms with Crippen LogP contribution in [0.25, 0.3) is 0 Å². The van der Waals surface area contributed by atoms with E-state index in [9.17, 15) is 9.90 Å². The molecule has 1 atom stereocenters. The van der Waals surface area contributed by atoms with E-state index in [-0.39, 0.29) is 12.5 Å². The predicted octanol–water partition coefficient (Wildman–Crippen LogP) is 3.60. The van der Waals surface area contributed by atoms with Crippen molar-refractivity contribution < 1.29 is 19.5 Å². The molecule has 0 aromatic carbocycles. The number of carboxylic acid groups (broad SMARTS) is 1. The highest BCUT2D eigenvalue weighted by molar-refractivity contribution is 5.66. The van der Waals surface area contributed by atoms with Crippen molar-refractivity contribution in [2.24, 2.45) is 0 Å². The third kappa shape index (κ3) is 9.96. The molecule has 0 saturated carbocycles. The van der Waals surface area contributed by atoms with E-state index < -0.39 is 5.97 Å². The normalized spacial score (nSPS) is 13.6. The van der Waals surface area contributed by atoms with Gasteiger partial charge in [-0.3, -0.25) is 4.79 Å². The fraction of sp³-hybridized carbons (Fsp3) is 0.833. The molecule has 0 aromatic heterocycles. The van der Waals surface area contributed by atoms with Gasteiger partial charge in [0.2, 0.25) is 0 Å². The van der Waals surface area contributed by atoms with Crippen molar-refractivity contribution in [1.82, 2.24) is 0 Å². The van der Waals surface area contributed by atoms with E-state index in [1.54, 1.807) is 0 Å². The van der Waals surface area contributed by atoms with E-state index in [4.69, 9.17) is 5.11 Å². The summed E-state index contributed by atoms with van der Waals surface area (Å²) in [6.07, 6.45) is 9.83. The summed E-state index contributed by atoms with van der Waals surface area (Å²) in [5, 5.41) is 19.2. The van der Waals surface area contributed by atoms with Gasteiger partial charge in [0.25, 0.3) is 0 Å². The minimum atomic E-state index is -0.724. The third-order valence-corrected chi connectivity index (χ3v) is 4.16. The first-order chi connectivity index (χ1) is 10.5. The Hall–Kier alpha value is -0.870. The number of aliphatic hydroxyl groups excluding tert-OH is 1. The molecule has 0 aliphatic rings. The molecule has 0 aliphatic heterocycles. The number of nitrogens with zero attached hydrogens (tertiary/aromatic N) is 1. The second-order valence-electron chi connectivity index (χ2n) is 6.35. The van der Waals surface area contributed by atoms with E-state index in [1.807, 2.05) is 13.0 Å². The van der Waals surface area contributed by atoms with Crippen molar-refractivity contribution in [3.05, 3.63) is 12.2 Å². The number of aliphatic carboxylic acids is 1. The molecule has 130 valence electrons. The maximum Gasteiger partial charge on any atom is 0.303 e. The number of allylic oxidation sites excluding steroid dienone is 2. The number of hydrogen-bond acceptors (Lipinski definition) is 2. The lowest BCUT2D eigenvalue weighted by Gasteiger charge is -2.40. The molecule has 2 N–H and O–H groups in total. The van der Waals surface area contributed by atoms with Crippen LogP contribution in [0.3, 0.4) is 0 Å². The quantitative estimate of drug-likeness (QED) is 0.293. The van der Waals surface area contributed by atoms with Gasteiger partial charge in [-0.05, 0) is 39.0 Å². The largest absolute Gasteiger partial charge is 0.481 e. The Morgan fingerprint density at radius 1 is 1.14 bits per heavy atom. The molecule has 4 nitrogen and oxygen atoms in total. The second-order valence-corrected chi connectivity index (χ2v) is 6.35. The molecule has 0 rings (SSSR count). The van der Waals surface area contributed by atoms with Gasteiger partial charge in [-0.2, -0.15) is 0 Å². The summed E-state index contributed by atoms with van der Waals surface area (Å²) in [4.78, 5) is 10.8. The molecular formula is C18H36NO3+. The molecule has 0 saturated heterocycles. The fourth-order valence-electron chi connectivity index (χ4n) is 3.30. The van der Waals surface area contributed by atoms with Crippen LogP contribution in [-0.4, -0.2) is 52.9 Å². The van der Waals surface area contributed by atoms with Gasteiger partial charge in [0.05, 0.1) is 26.1 Å². The monoisotopic (exact) mass is 314 g/mol. The molecule has 0 radical (unpaired) electrons. The van der Waals surface area contributed by atoms with Crippen molar-refractivity contribution in [1.29, 1.82) is 0 Å². The van der Waals surface area contributed by atoms with Crippen LogP contribution in [-0.2, 0) is 4.79 Å². The van der Waals surface area contributed by atoms with Crippen LogP contribution in [0.15, 0.2) is 12.2 Å². The van der Waals surface area contributed by atoms with Crippen LogP contribution in [0.4, 0.5) is 0 Å². The molecule has 1 unspecified atom stereocenters. The van der Waals surface area contributed by atoms with Gasteiger partial charge in [-0.25, -0.2) is 0 Å². The number of unbranched alkanes of at least 4 members (excludes halogenated alkanes) is 1. The zero-order valence-electron chi connectivity index (χ0n) is 14.8. The summed E-state index contributed by atoms with van der Waals surface area (Å²) in [7, 11) is 0. The van der Waals surface area contributed by atoms with Gasteiger partial charge in [0.1, 0.15) is 12.6 Å². The van der Waals surface area contributed by atoms with E-state index in [1.165, 1.54) is 0 Å². The van der Waals surface area contributed by atoms with Crippen molar-refractivity contribution in [2.75, 3.05) is 26.2 Å². The molecule has 0 fully saturated rings. The Kier molecular flexibility index (Phi) is 12.2. The molecule has 0 heterocycles. The van der Waals surface area contributed by atoms with Crippen molar-refractivity contribution in [2.45, 2.75) is 71.8 Å². The Morgan fingerprint density at radius 3 is 2.27 bits per heavy atom. The first kappa shape index (κ1) is 21.1. The molecule has 0 aromatic rings. The molecule has 0 aliphatic carbocycles. The molecular weight excluding hydrogens is 278 g/mol. The maximum absolute atomic E-state index is 10.8. The number of carboxylic acids is 1. The van der Waals surface area contributed by atoms with Crippen LogP contribution >= 0.6 is 0 Å². The topological polar surface area (TPSA) is 57.5 Å².